The van der Waals surface area contributed by atoms with Crippen molar-refractivity contribution in [2.24, 2.45) is 11.7 Å². The van der Waals surface area contributed by atoms with Crippen molar-refractivity contribution < 1.29 is 17.6 Å². The van der Waals surface area contributed by atoms with Crippen molar-refractivity contribution in [2.45, 2.75) is 18.7 Å². The van der Waals surface area contributed by atoms with E-state index >= 15 is 0 Å². The minimum absolute atomic E-state index is 0.0514. The third kappa shape index (κ3) is 5.03. The Hall–Kier alpha value is -2.45. The quantitative estimate of drug-likeness (QED) is 0.687. The monoisotopic (exact) mass is 379 g/mol. The van der Waals surface area contributed by atoms with Crippen LogP contribution in [0, 0.1) is 18.7 Å². The zero-order valence-electron chi connectivity index (χ0n) is 14.6. The summed E-state index contributed by atoms with van der Waals surface area (Å²) < 4.78 is 40.4. The Bertz CT molecular complexity index is 883. The first kappa shape index (κ1) is 19.9. The zero-order valence-corrected chi connectivity index (χ0v) is 15.4. The molecule has 140 valence electrons. The standard InChI is InChI=1S/C18H22FN3O3S/c1-12(10-20)11-21-18(23)17-9-16(8-3-13(17)2)26(24,25)22-15-6-4-14(19)5-7-15/h3-9,12,22H,10-11,20H2,1-2H3,(H,21,23). The number of carbonyl (C=O) groups is 1. The van der Waals surface area contributed by atoms with Gasteiger partial charge in [-0.15, -0.1) is 0 Å². The number of hydrogen-bond acceptors (Lipinski definition) is 4. The third-order valence-corrected chi connectivity index (χ3v) is 5.25. The summed E-state index contributed by atoms with van der Waals surface area (Å²) in [7, 11) is -3.91. The Morgan fingerprint density at radius 1 is 1.19 bits per heavy atom. The van der Waals surface area contributed by atoms with Crippen molar-refractivity contribution in [3.05, 3.63) is 59.4 Å². The highest BCUT2D eigenvalue weighted by molar-refractivity contribution is 7.92. The van der Waals surface area contributed by atoms with Crippen LogP contribution in [0.15, 0.2) is 47.4 Å². The molecule has 1 amide bonds. The molecule has 0 bridgehead atoms. The fraction of sp³-hybridized carbons (Fsp3) is 0.278. The lowest BCUT2D eigenvalue weighted by molar-refractivity contribution is 0.0947. The molecule has 0 heterocycles. The molecule has 1 unspecified atom stereocenters. The molecule has 0 saturated carbocycles. The molecule has 8 heteroatoms. The molecular formula is C18H22FN3O3S. The van der Waals surface area contributed by atoms with Crippen molar-refractivity contribution in [2.75, 3.05) is 17.8 Å². The predicted octanol–water partition coefficient (Wildman–Crippen LogP) is 2.26. The molecule has 0 aliphatic heterocycles. The number of amides is 1. The van der Waals surface area contributed by atoms with Crippen LogP contribution in [-0.4, -0.2) is 27.4 Å². The largest absolute Gasteiger partial charge is 0.352 e. The van der Waals surface area contributed by atoms with Gasteiger partial charge in [-0.3, -0.25) is 9.52 Å². The summed E-state index contributed by atoms with van der Waals surface area (Å²) in [5, 5.41) is 2.75. The number of rotatable bonds is 7. The number of hydrogen-bond donors (Lipinski definition) is 3. The number of halogens is 1. The Balaban J connectivity index is 2.24. The average molecular weight is 379 g/mol. The first-order valence-corrected chi connectivity index (χ1v) is 9.58. The van der Waals surface area contributed by atoms with Gasteiger partial charge in [-0.2, -0.15) is 0 Å². The van der Waals surface area contributed by atoms with Gasteiger partial charge in [0.25, 0.3) is 15.9 Å². The van der Waals surface area contributed by atoms with Gasteiger partial charge in [0.15, 0.2) is 0 Å². The fourth-order valence-electron chi connectivity index (χ4n) is 2.19. The van der Waals surface area contributed by atoms with Gasteiger partial charge in [-0.05, 0) is 61.3 Å². The third-order valence-electron chi connectivity index (χ3n) is 3.87. The SMILES string of the molecule is Cc1ccc(S(=O)(=O)Nc2ccc(F)cc2)cc1C(=O)NCC(C)CN. The summed E-state index contributed by atoms with van der Waals surface area (Å²) in [6.45, 7) is 4.47. The molecule has 2 rings (SSSR count). The van der Waals surface area contributed by atoms with E-state index in [2.05, 4.69) is 10.0 Å². The molecule has 4 N–H and O–H groups in total. The molecule has 0 aliphatic rings. The Kier molecular flexibility index (Phi) is 6.33. The van der Waals surface area contributed by atoms with Crippen LogP contribution in [0.4, 0.5) is 10.1 Å². The molecule has 0 saturated heterocycles. The number of sulfonamides is 1. The number of nitrogens with two attached hydrogens (primary N) is 1. The Morgan fingerprint density at radius 2 is 1.85 bits per heavy atom. The van der Waals surface area contributed by atoms with E-state index < -0.39 is 15.8 Å². The Labute approximate surface area is 152 Å². The number of anilines is 1. The van der Waals surface area contributed by atoms with Crippen molar-refractivity contribution in [3.8, 4) is 0 Å². The van der Waals surface area contributed by atoms with Gasteiger partial charge in [-0.25, -0.2) is 12.8 Å². The maximum Gasteiger partial charge on any atom is 0.261 e. The van der Waals surface area contributed by atoms with Crippen molar-refractivity contribution in [1.82, 2.24) is 5.32 Å². The number of aryl methyl sites for hydroxylation is 1. The van der Waals surface area contributed by atoms with Crippen molar-refractivity contribution in [1.29, 1.82) is 0 Å². The smallest absolute Gasteiger partial charge is 0.261 e. The van der Waals surface area contributed by atoms with Crippen LogP contribution < -0.4 is 15.8 Å². The van der Waals surface area contributed by atoms with E-state index in [9.17, 15) is 17.6 Å². The van der Waals surface area contributed by atoms with Crippen LogP contribution in [0.5, 0.6) is 0 Å². The molecule has 2 aromatic rings. The second-order valence-electron chi connectivity index (χ2n) is 6.14. The summed E-state index contributed by atoms with van der Waals surface area (Å²) >= 11 is 0. The van der Waals surface area contributed by atoms with Crippen LogP contribution in [0.25, 0.3) is 0 Å². The number of benzene rings is 2. The van der Waals surface area contributed by atoms with Gasteiger partial charge in [0.05, 0.1) is 4.90 Å². The lowest BCUT2D eigenvalue weighted by Crippen LogP contribution is -2.31. The Morgan fingerprint density at radius 3 is 2.46 bits per heavy atom. The molecule has 0 aromatic heterocycles. The maximum atomic E-state index is 13.0. The minimum Gasteiger partial charge on any atom is -0.352 e. The summed E-state index contributed by atoms with van der Waals surface area (Å²) in [6, 6.07) is 9.27. The summed E-state index contributed by atoms with van der Waals surface area (Å²) in [5.41, 5.74) is 6.69. The molecule has 1 atom stereocenters. The van der Waals surface area contributed by atoms with E-state index in [1.54, 1.807) is 13.0 Å². The first-order chi connectivity index (χ1) is 12.2. The maximum absolute atomic E-state index is 13.0. The first-order valence-electron chi connectivity index (χ1n) is 8.10. The average Bonchev–Trinajstić information content (AvgIpc) is 2.61. The van der Waals surface area contributed by atoms with E-state index in [0.717, 1.165) is 12.1 Å². The van der Waals surface area contributed by atoms with Crippen LogP contribution in [0.1, 0.15) is 22.8 Å². The summed E-state index contributed by atoms with van der Waals surface area (Å²) in [6.07, 6.45) is 0. The summed E-state index contributed by atoms with van der Waals surface area (Å²) in [4.78, 5) is 12.3. The van der Waals surface area contributed by atoms with Gasteiger partial charge in [0.2, 0.25) is 0 Å². The molecule has 0 radical (unpaired) electrons. The molecule has 0 aliphatic carbocycles. The topological polar surface area (TPSA) is 101 Å². The molecule has 26 heavy (non-hydrogen) atoms. The lowest BCUT2D eigenvalue weighted by Gasteiger charge is -2.13. The van der Waals surface area contributed by atoms with Crippen LogP contribution >= 0.6 is 0 Å². The normalized spacial score (nSPS) is 12.5. The predicted molar refractivity (Wildman–Crippen MR) is 98.9 cm³/mol. The van der Waals surface area contributed by atoms with Crippen LogP contribution in [0.3, 0.4) is 0 Å². The van der Waals surface area contributed by atoms with E-state index in [1.807, 2.05) is 6.92 Å². The molecule has 0 spiro atoms. The van der Waals surface area contributed by atoms with Gasteiger partial charge >= 0.3 is 0 Å². The van der Waals surface area contributed by atoms with Crippen molar-refractivity contribution in [3.63, 3.8) is 0 Å². The van der Waals surface area contributed by atoms with Gasteiger partial charge < -0.3 is 11.1 Å². The zero-order chi connectivity index (χ0) is 19.3. The van der Waals surface area contributed by atoms with E-state index in [0.29, 0.717) is 18.7 Å². The van der Waals surface area contributed by atoms with E-state index in [4.69, 9.17) is 5.73 Å². The molecule has 6 nitrogen and oxygen atoms in total. The van der Waals surface area contributed by atoms with Crippen LogP contribution in [0.2, 0.25) is 0 Å². The van der Waals surface area contributed by atoms with Gasteiger partial charge in [-0.1, -0.05) is 13.0 Å². The van der Waals surface area contributed by atoms with Crippen molar-refractivity contribution >= 4 is 21.6 Å². The van der Waals surface area contributed by atoms with E-state index in [-0.39, 0.29) is 28.0 Å². The summed E-state index contributed by atoms with van der Waals surface area (Å²) in [5.74, 6) is -0.707. The minimum atomic E-state index is -3.91. The van der Waals surface area contributed by atoms with E-state index in [1.165, 1.54) is 24.3 Å². The lowest BCUT2D eigenvalue weighted by atomic mass is 10.1. The number of nitrogens with one attached hydrogen (secondary N) is 2. The van der Waals surface area contributed by atoms with Gasteiger partial charge in [0, 0.05) is 17.8 Å². The highest BCUT2D eigenvalue weighted by Gasteiger charge is 2.18. The molecule has 2 aromatic carbocycles. The highest BCUT2D eigenvalue weighted by Crippen LogP contribution is 2.19. The molecular weight excluding hydrogens is 357 g/mol. The molecule has 0 fully saturated rings. The number of carbonyl (C=O) groups excluding carboxylic acids is 1. The van der Waals surface area contributed by atoms with Crippen LogP contribution in [-0.2, 0) is 10.0 Å². The second-order valence-corrected chi connectivity index (χ2v) is 7.82. The second kappa shape index (κ2) is 8.29. The van der Waals surface area contributed by atoms with Gasteiger partial charge in [0.1, 0.15) is 5.82 Å². The fourth-order valence-corrected chi connectivity index (χ4v) is 3.27. The highest BCUT2D eigenvalue weighted by atomic mass is 32.2.